The van der Waals surface area contributed by atoms with E-state index in [9.17, 15) is 4.79 Å². The van der Waals surface area contributed by atoms with E-state index in [2.05, 4.69) is 15.3 Å². The van der Waals surface area contributed by atoms with E-state index in [1.807, 2.05) is 42.5 Å². The fourth-order valence-corrected chi connectivity index (χ4v) is 1.74. The number of benzene rings is 2. The maximum Gasteiger partial charge on any atom is 0.346 e. The first-order valence-corrected chi connectivity index (χ1v) is 6.87. The summed E-state index contributed by atoms with van der Waals surface area (Å²) in [6.07, 6.45) is 1.07. The zero-order chi connectivity index (χ0) is 15.8. The molecular weight excluding hydrogens is 280 g/mol. The minimum absolute atomic E-state index is 0.405. The molecular formula is C17H18N2O3. The first kappa shape index (κ1) is 15.6. The highest BCUT2D eigenvalue weighted by molar-refractivity contribution is 5.80. The number of methoxy groups -OCH3 is 1. The number of nitrogens with zero attached hydrogens (tertiary/aromatic N) is 1. The Hall–Kier alpha value is -2.82. The Morgan fingerprint density at radius 1 is 1.14 bits per heavy atom. The van der Waals surface area contributed by atoms with Gasteiger partial charge in [0.1, 0.15) is 5.75 Å². The number of hydrazone groups is 1. The summed E-state index contributed by atoms with van der Waals surface area (Å²) in [7, 11) is 1.33. The first-order valence-electron chi connectivity index (χ1n) is 6.87. The molecule has 5 heteroatoms. The zero-order valence-corrected chi connectivity index (χ0v) is 12.5. The molecule has 5 nitrogen and oxygen atoms in total. The third-order valence-corrected chi connectivity index (χ3v) is 2.91. The number of carbonyl (C=O) groups excluding carboxylic acids is 1. The molecule has 2 aromatic rings. The molecule has 22 heavy (non-hydrogen) atoms. The van der Waals surface area contributed by atoms with E-state index in [0.717, 1.165) is 11.3 Å². The molecule has 0 spiro atoms. The Kier molecular flexibility index (Phi) is 5.54. The molecule has 114 valence electrons. The van der Waals surface area contributed by atoms with Gasteiger partial charge in [-0.1, -0.05) is 18.2 Å². The van der Waals surface area contributed by atoms with E-state index in [4.69, 9.17) is 4.74 Å². The third kappa shape index (κ3) is 4.63. The van der Waals surface area contributed by atoms with Crippen LogP contribution in [0.25, 0.3) is 0 Å². The number of para-hydroxylation sites is 1. The molecule has 0 aromatic heterocycles. The minimum Gasteiger partial charge on any atom is -0.479 e. The largest absolute Gasteiger partial charge is 0.479 e. The van der Waals surface area contributed by atoms with Crippen molar-refractivity contribution in [1.29, 1.82) is 0 Å². The summed E-state index contributed by atoms with van der Waals surface area (Å²) in [5.74, 6) is 0.198. The van der Waals surface area contributed by atoms with Crippen LogP contribution >= 0.6 is 0 Å². The third-order valence-electron chi connectivity index (χ3n) is 2.91. The van der Waals surface area contributed by atoms with Crippen molar-refractivity contribution in [3.63, 3.8) is 0 Å². The fourth-order valence-electron chi connectivity index (χ4n) is 1.74. The van der Waals surface area contributed by atoms with Gasteiger partial charge in [0.05, 0.1) is 19.0 Å². The Morgan fingerprint density at radius 3 is 2.45 bits per heavy atom. The zero-order valence-electron chi connectivity index (χ0n) is 12.5. The Labute approximate surface area is 129 Å². The van der Waals surface area contributed by atoms with Gasteiger partial charge >= 0.3 is 5.97 Å². The summed E-state index contributed by atoms with van der Waals surface area (Å²) >= 11 is 0. The van der Waals surface area contributed by atoms with Gasteiger partial charge in [-0.2, -0.15) is 5.10 Å². The summed E-state index contributed by atoms with van der Waals surface area (Å²) in [6.45, 7) is 1.64. The van der Waals surface area contributed by atoms with Gasteiger partial charge in [-0.05, 0) is 48.9 Å². The lowest BCUT2D eigenvalue weighted by atomic mass is 10.2. The van der Waals surface area contributed by atoms with Crippen molar-refractivity contribution in [2.45, 2.75) is 13.0 Å². The number of hydrogen-bond acceptors (Lipinski definition) is 5. The molecule has 0 saturated carbocycles. The number of rotatable bonds is 6. The molecule has 0 bridgehead atoms. The number of carbonyl (C=O) groups is 1. The lowest BCUT2D eigenvalue weighted by Gasteiger charge is -2.12. The van der Waals surface area contributed by atoms with Gasteiger partial charge in [-0.15, -0.1) is 0 Å². The van der Waals surface area contributed by atoms with Crippen LogP contribution in [-0.4, -0.2) is 25.4 Å². The van der Waals surface area contributed by atoms with E-state index in [-0.39, 0.29) is 0 Å². The van der Waals surface area contributed by atoms with E-state index in [1.165, 1.54) is 7.11 Å². The topological polar surface area (TPSA) is 59.9 Å². The normalized spacial score (nSPS) is 11.9. The van der Waals surface area contributed by atoms with Crippen LogP contribution in [0.3, 0.4) is 0 Å². The van der Waals surface area contributed by atoms with Gasteiger partial charge in [-0.3, -0.25) is 5.43 Å². The maximum absolute atomic E-state index is 11.3. The van der Waals surface area contributed by atoms with Crippen LogP contribution in [0.5, 0.6) is 5.75 Å². The molecule has 1 N–H and O–H groups in total. The summed E-state index contributed by atoms with van der Waals surface area (Å²) in [6, 6.07) is 17.0. The molecule has 0 aliphatic carbocycles. The molecule has 0 radical (unpaired) electrons. The highest BCUT2D eigenvalue weighted by atomic mass is 16.6. The van der Waals surface area contributed by atoms with Crippen molar-refractivity contribution in [3.8, 4) is 5.75 Å². The lowest BCUT2D eigenvalue weighted by Crippen LogP contribution is -2.24. The second-order valence-electron chi connectivity index (χ2n) is 4.59. The molecule has 2 aromatic carbocycles. The molecule has 0 heterocycles. The average molecular weight is 298 g/mol. The molecule has 0 aliphatic heterocycles. The van der Waals surface area contributed by atoms with E-state index in [1.54, 1.807) is 25.3 Å². The molecule has 1 atom stereocenters. The summed E-state index contributed by atoms with van der Waals surface area (Å²) in [4.78, 5) is 11.3. The van der Waals surface area contributed by atoms with Crippen molar-refractivity contribution in [2.24, 2.45) is 5.10 Å². The smallest absolute Gasteiger partial charge is 0.346 e. The molecule has 0 amide bonds. The second-order valence-corrected chi connectivity index (χ2v) is 4.59. The van der Waals surface area contributed by atoms with Gasteiger partial charge in [-0.25, -0.2) is 4.79 Å². The summed E-state index contributed by atoms with van der Waals surface area (Å²) in [5, 5.41) is 4.15. The van der Waals surface area contributed by atoms with Gasteiger partial charge in [0.15, 0.2) is 6.10 Å². The molecule has 2 rings (SSSR count). The molecule has 1 unspecified atom stereocenters. The summed E-state index contributed by atoms with van der Waals surface area (Å²) in [5.41, 5.74) is 4.78. The quantitative estimate of drug-likeness (QED) is 0.506. The number of nitrogens with one attached hydrogen (secondary N) is 1. The minimum atomic E-state index is -0.635. The molecule has 0 fully saturated rings. The Balaban J connectivity index is 1.90. The van der Waals surface area contributed by atoms with E-state index >= 15 is 0 Å². The van der Waals surface area contributed by atoms with Crippen LogP contribution in [0.15, 0.2) is 59.7 Å². The average Bonchev–Trinajstić information content (AvgIpc) is 2.56. The van der Waals surface area contributed by atoms with Crippen molar-refractivity contribution in [3.05, 3.63) is 60.2 Å². The van der Waals surface area contributed by atoms with Crippen LogP contribution in [0.1, 0.15) is 12.5 Å². The fraction of sp³-hybridized carbons (Fsp3) is 0.176. The monoisotopic (exact) mass is 298 g/mol. The van der Waals surface area contributed by atoms with Gasteiger partial charge in [0.25, 0.3) is 0 Å². The van der Waals surface area contributed by atoms with E-state index < -0.39 is 12.1 Å². The molecule has 0 saturated heterocycles. The van der Waals surface area contributed by atoms with Gasteiger partial charge < -0.3 is 9.47 Å². The number of anilines is 1. The van der Waals surface area contributed by atoms with Crippen LogP contribution in [0.4, 0.5) is 5.69 Å². The van der Waals surface area contributed by atoms with Crippen LogP contribution in [0, 0.1) is 0 Å². The van der Waals surface area contributed by atoms with Crippen molar-refractivity contribution < 1.29 is 14.3 Å². The number of ether oxygens (including phenoxy) is 2. The van der Waals surface area contributed by atoms with E-state index in [0.29, 0.717) is 5.75 Å². The number of esters is 1. The van der Waals surface area contributed by atoms with Crippen LogP contribution in [-0.2, 0) is 9.53 Å². The number of hydrogen-bond donors (Lipinski definition) is 1. The lowest BCUT2D eigenvalue weighted by molar-refractivity contribution is -0.147. The van der Waals surface area contributed by atoms with Crippen molar-refractivity contribution in [1.82, 2.24) is 0 Å². The second kappa shape index (κ2) is 7.83. The standard InChI is InChI=1S/C17H18N2O3/c1-13(17(20)21-2)22-16-10-8-14(9-11-16)12-18-19-15-6-4-3-5-7-15/h3-13,19H,1-2H3. The first-order chi connectivity index (χ1) is 10.7. The Morgan fingerprint density at radius 2 is 1.82 bits per heavy atom. The Bertz CT molecular complexity index is 624. The van der Waals surface area contributed by atoms with Crippen LogP contribution in [0.2, 0.25) is 0 Å². The van der Waals surface area contributed by atoms with Gasteiger partial charge in [0, 0.05) is 0 Å². The van der Waals surface area contributed by atoms with Gasteiger partial charge in [0.2, 0.25) is 0 Å². The predicted molar refractivity (Wildman–Crippen MR) is 86.2 cm³/mol. The predicted octanol–water partition coefficient (Wildman–Crippen LogP) is 3.07. The summed E-state index contributed by atoms with van der Waals surface area (Å²) < 4.78 is 10.1. The highest BCUT2D eigenvalue weighted by Gasteiger charge is 2.14. The molecule has 0 aliphatic rings. The maximum atomic E-state index is 11.3. The SMILES string of the molecule is COC(=O)C(C)Oc1ccc(C=NNc2ccccc2)cc1. The van der Waals surface area contributed by atoms with Crippen molar-refractivity contribution >= 4 is 17.9 Å². The van der Waals surface area contributed by atoms with Crippen molar-refractivity contribution in [2.75, 3.05) is 12.5 Å². The van der Waals surface area contributed by atoms with Crippen LogP contribution < -0.4 is 10.2 Å². The highest BCUT2D eigenvalue weighted by Crippen LogP contribution is 2.13.